The molecule has 0 amide bonds. The third-order valence-electron chi connectivity index (χ3n) is 2.39. The number of benzene rings is 1. The highest BCUT2D eigenvalue weighted by Gasteiger charge is 2.03. The van der Waals surface area contributed by atoms with Gasteiger partial charge in [0.25, 0.3) is 0 Å². The Bertz CT molecular complexity index is 331. The number of anilines is 1. The number of rotatable bonds is 8. The van der Waals surface area contributed by atoms with Crippen LogP contribution in [-0.2, 0) is 6.61 Å². The van der Waals surface area contributed by atoms with Crippen molar-refractivity contribution in [2.45, 2.75) is 20.0 Å². The Balaban J connectivity index is 2.56. The summed E-state index contributed by atoms with van der Waals surface area (Å²) in [7, 11) is 0. The molecule has 1 aromatic carbocycles. The molecule has 0 aliphatic heterocycles. The van der Waals surface area contributed by atoms with Crippen molar-refractivity contribution in [2.75, 3.05) is 30.5 Å². The molecule has 96 valence electrons. The lowest BCUT2D eigenvalue weighted by Crippen LogP contribution is -2.04. The molecule has 1 aromatic rings. The monoisotopic (exact) mass is 255 g/mol. The number of hydrogen-bond donors (Lipinski definition) is 2. The Morgan fingerprint density at radius 3 is 2.88 bits per heavy atom. The second-order valence-corrected chi connectivity index (χ2v) is 4.67. The van der Waals surface area contributed by atoms with E-state index in [-0.39, 0.29) is 6.61 Å². The van der Waals surface area contributed by atoms with E-state index in [1.54, 1.807) is 0 Å². The van der Waals surface area contributed by atoms with Crippen molar-refractivity contribution in [1.29, 1.82) is 0 Å². The molecule has 0 aromatic heterocycles. The highest BCUT2D eigenvalue weighted by atomic mass is 32.2. The van der Waals surface area contributed by atoms with Crippen LogP contribution in [0.3, 0.4) is 0 Å². The number of hydrogen-bond acceptors (Lipinski definition) is 4. The second-order valence-electron chi connectivity index (χ2n) is 3.69. The topological polar surface area (TPSA) is 41.5 Å². The van der Waals surface area contributed by atoms with Crippen molar-refractivity contribution in [1.82, 2.24) is 0 Å². The molecule has 1 rings (SSSR count). The van der Waals surface area contributed by atoms with Gasteiger partial charge >= 0.3 is 0 Å². The minimum absolute atomic E-state index is 0.00959. The first-order valence-electron chi connectivity index (χ1n) is 5.91. The van der Waals surface area contributed by atoms with E-state index in [1.807, 2.05) is 36.9 Å². The molecule has 0 unspecified atom stereocenters. The second kappa shape index (κ2) is 8.25. The molecule has 0 saturated heterocycles. The predicted octanol–water partition coefficient (Wildman–Crippen LogP) is 2.74. The van der Waals surface area contributed by atoms with Crippen molar-refractivity contribution < 1.29 is 9.84 Å². The van der Waals surface area contributed by atoms with Gasteiger partial charge in [-0.2, -0.15) is 11.8 Å². The van der Waals surface area contributed by atoms with Crippen molar-refractivity contribution in [3.8, 4) is 5.75 Å². The minimum atomic E-state index is 0.00959. The third kappa shape index (κ3) is 4.88. The van der Waals surface area contributed by atoms with Gasteiger partial charge in [-0.25, -0.2) is 0 Å². The number of aliphatic hydroxyl groups is 1. The van der Waals surface area contributed by atoms with E-state index in [0.717, 1.165) is 35.7 Å². The number of aliphatic hydroxyl groups excluding tert-OH is 1. The van der Waals surface area contributed by atoms with Crippen LogP contribution in [0.25, 0.3) is 0 Å². The molecule has 0 radical (unpaired) electrons. The Labute approximate surface area is 108 Å². The van der Waals surface area contributed by atoms with Gasteiger partial charge in [0.15, 0.2) is 0 Å². The van der Waals surface area contributed by atoms with E-state index in [1.165, 1.54) is 0 Å². The van der Waals surface area contributed by atoms with Gasteiger partial charge in [-0.05, 0) is 43.6 Å². The quantitative estimate of drug-likeness (QED) is 0.701. The largest absolute Gasteiger partial charge is 0.494 e. The molecule has 0 atom stereocenters. The molecule has 2 N–H and O–H groups in total. The van der Waals surface area contributed by atoms with Gasteiger partial charge in [-0.15, -0.1) is 0 Å². The van der Waals surface area contributed by atoms with Crippen LogP contribution >= 0.6 is 11.8 Å². The van der Waals surface area contributed by atoms with Gasteiger partial charge in [-0.3, -0.25) is 0 Å². The summed E-state index contributed by atoms with van der Waals surface area (Å²) in [6, 6.07) is 5.85. The van der Waals surface area contributed by atoms with E-state index >= 15 is 0 Å². The van der Waals surface area contributed by atoms with Crippen molar-refractivity contribution >= 4 is 17.4 Å². The zero-order valence-corrected chi connectivity index (χ0v) is 11.3. The first kappa shape index (κ1) is 14.2. The summed E-state index contributed by atoms with van der Waals surface area (Å²) in [5, 5.41) is 12.6. The smallest absolute Gasteiger partial charge is 0.124 e. The molecule has 0 saturated carbocycles. The molecule has 4 heteroatoms. The Kier molecular flexibility index (Phi) is 6.89. The summed E-state index contributed by atoms with van der Waals surface area (Å²) in [5.74, 6) is 1.93. The van der Waals surface area contributed by atoms with Crippen molar-refractivity contribution in [3.05, 3.63) is 23.8 Å². The van der Waals surface area contributed by atoms with Gasteiger partial charge in [0.2, 0.25) is 0 Å². The van der Waals surface area contributed by atoms with Crippen LogP contribution in [0, 0.1) is 0 Å². The SMILES string of the molecule is CCOc1ccc(NCCCSC)cc1CO. The Hall–Kier alpha value is -0.870. The van der Waals surface area contributed by atoms with Crippen LogP contribution < -0.4 is 10.1 Å². The fourth-order valence-corrected chi connectivity index (χ4v) is 1.99. The van der Waals surface area contributed by atoms with Crippen LogP contribution in [0.4, 0.5) is 5.69 Å². The average Bonchev–Trinajstić information content (AvgIpc) is 2.36. The third-order valence-corrected chi connectivity index (χ3v) is 3.08. The van der Waals surface area contributed by atoms with E-state index in [0.29, 0.717) is 6.61 Å². The van der Waals surface area contributed by atoms with Gasteiger partial charge in [0, 0.05) is 17.8 Å². The van der Waals surface area contributed by atoms with Crippen LogP contribution in [0.2, 0.25) is 0 Å². The summed E-state index contributed by atoms with van der Waals surface area (Å²) in [5.41, 5.74) is 1.88. The first-order valence-corrected chi connectivity index (χ1v) is 7.30. The number of ether oxygens (including phenoxy) is 1. The summed E-state index contributed by atoms with van der Waals surface area (Å²) < 4.78 is 5.43. The zero-order valence-electron chi connectivity index (χ0n) is 10.5. The first-order chi connectivity index (χ1) is 8.31. The fraction of sp³-hybridized carbons (Fsp3) is 0.538. The maximum Gasteiger partial charge on any atom is 0.124 e. The van der Waals surface area contributed by atoms with Crippen LogP contribution in [0.15, 0.2) is 18.2 Å². The lowest BCUT2D eigenvalue weighted by Gasteiger charge is -2.11. The van der Waals surface area contributed by atoms with Crippen molar-refractivity contribution in [2.24, 2.45) is 0 Å². The van der Waals surface area contributed by atoms with Crippen LogP contribution in [-0.4, -0.2) is 30.3 Å². The molecule has 3 nitrogen and oxygen atoms in total. The number of nitrogens with one attached hydrogen (secondary N) is 1. The van der Waals surface area contributed by atoms with Gasteiger partial charge in [0.1, 0.15) is 5.75 Å². The normalized spacial score (nSPS) is 10.3. The Morgan fingerprint density at radius 1 is 1.41 bits per heavy atom. The predicted molar refractivity (Wildman–Crippen MR) is 75.0 cm³/mol. The summed E-state index contributed by atoms with van der Waals surface area (Å²) in [6.45, 7) is 3.53. The standard InChI is InChI=1S/C13H21NO2S/c1-3-16-13-6-5-12(9-11(13)10-15)14-7-4-8-17-2/h5-6,9,14-15H,3-4,7-8,10H2,1-2H3. The minimum Gasteiger partial charge on any atom is -0.494 e. The van der Waals surface area contributed by atoms with Crippen LogP contribution in [0.1, 0.15) is 18.9 Å². The van der Waals surface area contributed by atoms with Gasteiger partial charge in [0.05, 0.1) is 13.2 Å². The molecule has 0 aliphatic carbocycles. The van der Waals surface area contributed by atoms with E-state index < -0.39 is 0 Å². The van der Waals surface area contributed by atoms with E-state index in [4.69, 9.17) is 4.74 Å². The van der Waals surface area contributed by atoms with Crippen LogP contribution in [0.5, 0.6) is 5.75 Å². The Morgan fingerprint density at radius 2 is 2.24 bits per heavy atom. The lowest BCUT2D eigenvalue weighted by molar-refractivity contribution is 0.267. The summed E-state index contributed by atoms with van der Waals surface area (Å²) in [4.78, 5) is 0. The van der Waals surface area contributed by atoms with Gasteiger partial charge in [-0.1, -0.05) is 0 Å². The highest BCUT2D eigenvalue weighted by Crippen LogP contribution is 2.23. The molecular formula is C13H21NO2S. The molecule has 0 spiro atoms. The molecule has 17 heavy (non-hydrogen) atoms. The molecule has 0 aliphatic rings. The maximum atomic E-state index is 9.27. The molecular weight excluding hydrogens is 234 g/mol. The molecule has 0 bridgehead atoms. The number of thioether (sulfide) groups is 1. The lowest BCUT2D eigenvalue weighted by atomic mass is 10.2. The molecule has 0 fully saturated rings. The highest BCUT2D eigenvalue weighted by molar-refractivity contribution is 7.98. The van der Waals surface area contributed by atoms with E-state index in [2.05, 4.69) is 11.6 Å². The summed E-state index contributed by atoms with van der Waals surface area (Å²) >= 11 is 1.85. The average molecular weight is 255 g/mol. The molecule has 0 heterocycles. The zero-order chi connectivity index (χ0) is 12.5. The summed E-state index contributed by atoms with van der Waals surface area (Å²) in [6.07, 6.45) is 3.25. The van der Waals surface area contributed by atoms with Crippen molar-refractivity contribution in [3.63, 3.8) is 0 Å². The fourth-order valence-electron chi connectivity index (χ4n) is 1.56. The maximum absolute atomic E-state index is 9.27. The van der Waals surface area contributed by atoms with E-state index in [9.17, 15) is 5.11 Å². The van der Waals surface area contributed by atoms with Gasteiger partial charge < -0.3 is 15.2 Å².